The zero-order valence-electron chi connectivity index (χ0n) is 35.5. The van der Waals surface area contributed by atoms with Gasteiger partial charge in [-0.25, -0.2) is 4.79 Å². The zero-order valence-corrected chi connectivity index (χ0v) is 38.7. The third-order valence-corrected chi connectivity index (χ3v) is 15.5. The van der Waals surface area contributed by atoms with Crippen LogP contribution in [0.25, 0.3) is 21.5 Å². The lowest BCUT2D eigenvalue weighted by Crippen LogP contribution is -2.32. The SMILES string of the molecule is C[N+]1=C(C=CC=C2N(CCCCCC(=O)ON3C(=O)CCC3=O)c3ccc4c(S(=O)(=O)O)cc(S(=O)(=O)O)cc4c3C2(C)C)C(C)(C)c2c1ccc1c(S(=O)(=O)O)cc(S(=O)(=O)O)cc21. The smallest absolute Gasteiger partial charge is 0.333 e. The monoisotopic (exact) mass is 974 g/mol. The fourth-order valence-corrected chi connectivity index (χ4v) is 11.8. The van der Waals surface area contributed by atoms with Gasteiger partial charge in [0.25, 0.3) is 52.3 Å². The van der Waals surface area contributed by atoms with E-state index in [0.29, 0.717) is 76.9 Å². The van der Waals surface area contributed by atoms with Gasteiger partial charge in [-0.15, -0.1) is 5.06 Å². The Kier molecular flexibility index (Phi) is 11.8. The summed E-state index contributed by atoms with van der Waals surface area (Å²) in [4.78, 5) is 40.2. The summed E-state index contributed by atoms with van der Waals surface area (Å²) in [6.45, 7) is 7.57. The lowest BCUT2D eigenvalue weighted by molar-refractivity contribution is -0.401. The third kappa shape index (κ3) is 8.62. The highest BCUT2D eigenvalue weighted by Gasteiger charge is 2.46. The number of fused-ring (bicyclic) bond motifs is 6. The molecule has 0 bridgehead atoms. The summed E-state index contributed by atoms with van der Waals surface area (Å²) < 4.78 is 142. The standard InChI is InChI=1S/C42H43N3O16S4/c1-41(2)34(43(5)30-15-13-26-28(39(30)41)20-24(62(49,50)51)22-32(26)64(55,56)57)10-9-11-35-42(3,4)40-29-21-25(63(52,53)54)23-33(65(58,59)60)27(29)14-16-31(40)44(35)19-8-6-7-12-38(48)61-45-36(46)17-18-37(45)47/h9-11,13-16,20-23H,6-8,12,17-19H2,1-5H3,(H3-,49,50,51,52,53,54,55,56,57,58,59,60)/p+1. The molecule has 0 spiro atoms. The molecule has 0 radical (unpaired) electrons. The van der Waals surface area contributed by atoms with Gasteiger partial charge in [-0.3, -0.25) is 27.8 Å². The van der Waals surface area contributed by atoms with E-state index in [1.54, 1.807) is 37.4 Å². The summed E-state index contributed by atoms with van der Waals surface area (Å²) >= 11 is 0. The fourth-order valence-electron chi connectivity index (χ4n) is 9.15. The van der Waals surface area contributed by atoms with E-state index < -0.39 is 88.7 Å². The minimum absolute atomic E-state index is 0.0128. The summed E-state index contributed by atoms with van der Waals surface area (Å²) in [7, 11) is -18.1. The number of hydroxylamine groups is 2. The van der Waals surface area contributed by atoms with Crippen molar-refractivity contribution in [1.29, 1.82) is 0 Å². The molecule has 4 aromatic carbocycles. The van der Waals surface area contributed by atoms with Crippen LogP contribution in [0.3, 0.4) is 0 Å². The Bertz CT molecular complexity index is 3340. The van der Waals surface area contributed by atoms with Gasteiger partial charge in [0, 0.05) is 71.1 Å². The largest absolute Gasteiger partial charge is 0.344 e. The molecule has 346 valence electrons. The molecular formula is C42H44N3O16S4+. The number of allylic oxidation sites excluding steroid dienone is 4. The van der Waals surface area contributed by atoms with Crippen LogP contribution in [0.2, 0.25) is 0 Å². The van der Waals surface area contributed by atoms with Crippen molar-refractivity contribution < 1.29 is 75.7 Å². The number of amides is 2. The second-order valence-electron chi connectivity index (χ2n) is 17.0. The van der Waals surface area contributed by atoms with Crippen LogP contribution >= 0.6 is 0 Å². The summed E-state index contributed by atoms with van der Waals surface area (Å²) in [5.74, 6) is -1.96. The number of hydrogen-bond acceptors (Lipinski definition) is 13. The predicted octanol–water partition coefficient (Wildman–Crippen LogP) is 5.39. The second kappa shape index (κ2) is 16.2. The average molecular weight is 975 g/mol. The molecule has 2 amide bonds. The Morgan fingerprint density at radius 3 is 1.74 bits per heavy atom. The first-order chi connectivity index (χ1) is 30.0. The molecule has 0 atom stereocenters. The van der Waals surface area contributed by atoms with Crippen molar-refractivity contribution in [3.05, 3.63) is 83.6 Å². The van der Waals surface area contributed by atoms with Crippen molar-refractivity contribution in [3.8, 4) is 0 Å². The number of hydrogen-bond donors (Lipinski definition) is 4. The third-order valence-electron chi connectivity index (χ3n) is 12.1. The number of imide groups is 1. The van der Waals surface area contributed by atoms with Gasteiger partial charge in [0.2, 0.25) is 5.69 Å². The van der Waals surface area contributed by atoms with Gasteiger partial charge in [-0.05, 0) is 85.5 Å². The Hall–Kier alpha value is -5.40. The minimum atomic E-state index is -5.02. The van der Waals surface area contributed by atoms with E-state index in [-0.39, 0.29) is 40.8 Å². The quantitative estimate of drug-likeness (QED) is 0.0565. The normalized spacial score (nSPS) is 18.2. The molecule has 1 fully saturated rings. The van der Waals surface area contributed by atoms with Crippen LogP contribution in [0, 0.1) is 0 Å². The number of carbonyl (C=O) groups is 3. The van der Waals surface area contributed by atoms with E-state index in [4.69, 9.17) is 4.84 Å². The van der Waals surface area contributed by atoms with Crippen molar-refractivity contribution in [1.82, 2.24) is 5.06 Å². The predicted molar refractivity (Wildman–Crippen MR) is 234 cm³/mol. The van der Waals surface area contributed by atoms with Crippen molar-refractivity contribution in [2.75, 3.05) is 18.5 Å². The second-order valence-corrected chi connectivity index (χ2v) is 22.6. The summed E-state index contributed by atoms with van der Waals surface area (Å²) in [5.41, 5.74) is 1.33. The van der Waals surface area contributed by atoms with Gasteiger partial charge in [-0.2, -0.15) is 38.2 Å². The lowest BCUT2D eigenvalue weighted by atomic mass is 9.79. The zero-order chi connectivity index (χ0) is 48.0. The van der Waals surface area contributed by atoms with Gasteiger partial charge >= 0.3 is 5.97 Å². The maximum Gasteiger partial charge on any atom is 0.333 e. The molecule has 65 heavy (non-hydrogen) atoms. The van der Waals surface area contributed by atoms with E-state index in [0.717, 1.165) is 12.1 Å². The summed E-state index contributed by atoms with van der Waals surface area (Å²) in [6.07, 6.45) is 6.34. The van der Waals surface area contributed by atoms with Crippen molar-refractivity contribution in [3.63, 3.8) is 0 Å². The molecule has 23 heteroatoms. The number of anilines is 1. The van der Waals surface area contributed by atoms with Crippen LogP contribution in [-0.4, -0.2) is 98.6 Å². The van der Waals surface area contributed by atoms with Gasteiger partial charge in [-0.1, -0.05) is 32.4 Å². The van der Waals surface area contributed by atoms with Gasteiger partial charge < -0.3 is 9.74 Å². The highest BCUT2D eigenvalue weighted by atomic mass is 32.2. The maximum absolute atomic E-state index is 12.6. The van der Waals surface area contributed by atoms with Crippen LogP contribution in [0.4, 0.5) is 11.4 Å². The van der Waals surface area contributed by atoms with Crippen LogP contribution in [0.15, 0.2) is 92.0 Å². The van der Waals surface area contributed by atoms with Gasteiger partial charge in [0.15, 0.2) is 5.71 Å². The average Bonchev–Trinajstić information content (AvgIpc) is 3.70. The Labute approximate surface area is 374 Å². The van der Waals surface area contributed by atoms with Crippen molar-refractivity contribution in [2.45, 2.75) is 96.6 Å². The highest BCUT2D eigenvalue weighted by Crippen LogP contribution is 2.52. The molecule has 19 nitrogen and oxygen atoms in total. The molecule has 3 aliphatic heterocycles. The molecule has 3 heterocycles. The minimum Gasteiger partial charge on any atom is -0.344 e. The molecule has 7 rings (SSSR count). The molecule has 0 aromatic heterocycles. The molecule has 1 saturated heterocycles. The topological polar surface area (TPSA) is 287 Å². The Morgan fingerprint density at radius 2 is 1.22 bits per heavy atom. The number of unbranched alkanes of at least 4 members (excludes halogenated alkanes) is 2. The van der Waals surface area contributed by atoms with E-state index in [1.807, 2.05) is 37.2 Å². The van der Waals surface area contributed by atoms with Crippen LogP contribution in [0.1, 0.15) is 77.3 Å². The first kappa shape index (κ1) is 47.6. The first-order valence-corrected chi connectivity index (χ1v) is 25.7. The molecule has 3 aliphatic rings. The first-order valence-electron chi connectivity index (χ1n) is 19.9. The van der Waals surface area contributed by atoms with Gasteiger partial charge in [0.1, 0.15) is 16.8 Å². The number of rotatable bonds is 13. The summed E-state index contributed by atoms with van der Waals surface area (Å²) in [5, 5.41) is 0.743. The number of carbonyl (C=O) groups excluding carboxylic acids is 3. The molecule has 0 aliphatic carbocycles. The number of nitrogens with zero attached hydrogens (tertiary/aromatic N) is 3. The maximum atomic E-state index is 12.6. The number of benzene rings is 4. The van der Waals surface area contributed by atoms with E-state index in [1.165, 1.54) is 12.1 Å². The van der Waals surface area contributed by atoms with E-state index in [9.17, 15) is 66.3 Å². The lowest BCUT2D eigenvalue weighted by Gasteiger charge is -2.27. The van der Waals surface area contributed by atoms with Crippen LogP contribution in [0.5, 0.6) is 0 Å². The highest BCUT2D eigenvalue weighted by molar-refractivity contribution is 7.87. The van der Waals surface area contributed by atoms with E-state index >= 15 is 0 Å². The summed E-state index contributed by atoms with van der Waals surface area (Å²) in [6, 6.07) is 9.71. The molecule has 4 aromatic rings. The van der Waals surface area contributed by atoms with Crippen LogP contribution < -0.4 is 4.90 Å². The fraction of sp³-hybridized carbons (Fsp3) is 0.333. The van der Waals surface area contributed by atoms with Crippen molar-refractivity contribution in [2.24, 2.45) is 0 Å². The van der Waals surface area contributed by atoms with Gasteiger partial charge in [0.05, 0.1) is 15.2 Å². The van der Waals surface area contributed by atoms with Crippen LogP contribution in [-0.2, 0) is 70.5 Å². The molecule has 0 saturated carbocycles. The van der Waals surface area contributed by atoms with E-state index in [2.05, 4.69) is 0 Å². The van der Waals surface area contributed by atoms with Crippen molar-refractivity contribution >= 4 is 96.9 Å². The molecular weight excluding hydrogens is 931 g/mol. The molecule has 4 N–H and O–H groups in total. The molecule has 0 unspecified atom stereocenters. The Balaban J connectivity index is 1.29. The Morgan fingerprint density at radius 1 is 0.692 bits per heavy atom.